The largest absolute Gasteiger partial charge is 0.352 e. The minimum atomic E-state index is -0.904. The molecule has 0 saturated heterocycles. The molecule has 24 heavy (non-hydrogen) atoms. The van der Waals surface area contributed by atoms with Crippen molar-refractivity contribution < 1.29 is 14.4 Å². The number of hydrogen-bond acceptors (Lipinski definition) is 3. The second-order valence-electron chi connectivity index (χ2n) is 6.75. The molecule has 128 valence electrons. The second-order valence-corrected chi connectivity index (χ2v) is 6.75. The van der Waals surface area contributed by atoms with Crippen molar-refractivity contribution in [3.05, 3.63) is 24.3 Å². The Balaban J connectivity index is 1.59. The fraction of sp³-hybridized carbons (Fsp3) is 0.500. The summed E-state index contributed by atoms with van der Waals surface area (Å²) in [7, 11) is 0. The zero-order chi connectivity index (χ0) is 17.2. The summed E-state index contributed by atoms with van der Waals surface area (Å²) >= 11 is 0. The normalized spacial score (nSPS) is 18.7. The Morgan fingerprint density at radius 1 is 0.917 bits per heavy atom. The van der Waals surface area contributed by atoms with Gasteiger partial charge in [-0.2, -0.15) is 0 Å². The van der Waals surface area contributed by atoms with Gasteiger partial charge < -0.3 is 16.0 Å². The lowest BCUT2D eigenvalue weighted by molar-refractivity contribution is -0.134. The topological polar surface area (TPSA) is 87.3 Å². The van der Waals surface area contributed by atoms with Gasteiger partial charge >= 0.3 is 0 Å². The molecule has 0 radical (unpaired) electrons. The fourth-order valence-corrected chi connectivity index (χ4v) is 3.17. The third-order valence-electron chi connectivity index (χ3n) is 4.77. The highest BCUT2D eigenvalue weighted by molar-refractivity contribution is 6.13. The van der Waals surface area contributed by atoms with Crippen LogP contribution in [0.4, 0.5) is 11.4 Å². The number of rotatable bonds is 5. The van der Waals surface area contributed by atoms with Gasteiger partial charge in [0.15, 0.2) is 0 Å². The average molecular weight is 329 g/mol. The molecule has 0 heterocycles. The lowest BCUT2D eigenvalue weighted by atomic mass is 10.0. The number of nitrogens with one attached hydrogen (secondary N) is 3. The van der Waals surface area contributed by atoms with Crippen LogP contribution in [-0.2, 0) is 14.4 Å². The Bertz CT molecular complexity index is 644. The molecule has 1 aromatic carbocycles. The van der Waals surface area contributed by atoms with Crippen LogP contribution >= 0.6 is 0 Å². The summed E-state index contributed by atoms with van der Waals surface area (Å²) in [5.41, 5.74) is 0.383. The Morgan fingerprint density at radius 2 is 1.46 bits per heavy atom. The van der Waals surface area contributed by atoms with Gasteiger partial charge in [0.1, 0.15) is 5.41 Å². The smallest absolute Gasteiger partial charge is 0.240 e. The van der Waals surface area contributed by atoms with E-state index in [2.05, 4.69) is 16.0 Å². The van der Waals surface area contributed by atoms with Gasteiger partial charge in [-0.1, -0.05) is 12.8 Å². The van der Waals surface area contributed by atoms with E-state index in [1.165, 1.54) is 6.92 Å². The highest BCUT2D eigenvalue weighted by Gasteiger charge is 2.56. The zero-order valence-corrected chi connectivity index (χ0v) is 13.9. The van der Waals surface area contributed by atoms with E-state index in [9.17, 15) is 14.4 Å². The predicted octanol–water partition coefficient (Wildman–Crippen LogP) is 2.42. The third-order valence-corrected chi connectivity index (χ3v) is 4.77. The first-order valence-electron chi connectivity index (χ1n) is 8.50. The molecule has 2 saturated carbocycles. The van der Waals surface area contributed by atoms with Gasteiger partial charge in [-0.3, -0.25) is 14.4 Å². The molecule has 0 bridgehead atoms. The molecule has 6 nitrogen and oxygen atoms in total. The molecule has 0 atom stereocenters. The van der Waals surface area contributed by atoms with Crippen molar-refractivity contribution >= 4 is 29.1 Å². The van der Waals surface area contributed by atoms with E-state index >= 15 is 0 Å². The van der Waals surface area contributed by atoms with E-state index < -0.39 is 5.41 Å². The molecule has 1 aromatic rings. The van der Waals surface area contributed by atoms with Crippen LogP contribution in [0.25, 0.3) is 0 Å². The summed E-state index contributed by atoms with van der Waals surface area (Å²) < 4.78 is 0. The Hall–Kier alpha value is -2.37. The van der Waals surface area contributed by atoms with Crippen LogP contribution in [0, 0.1) is 5.41 Å². The molecule has 3 rings (SSSR count). The molecule has 3 amide bonds. The van der Waals surface area contributed by atoms with E-state index in [-0.39, 0.29) is 23.8 Å². The summed E-state index contributed by atoms with van der Waals surface area (Å²) in [6, 6.07) is 7.09. The summed E-state index contributed by atoms with van der Waals surface area (Å²) in [5.74, 6) is -0.528. The molecule has 2 fully saturated rings. The van der Waals surface area contributed by atoms with Crippen LogP contribution < -0.4 is 16.0 Å². The molecular formula is C18H23N3O3. The standard InChI is InChI=1S/C18H23N3O3/c1-12(22)19-14-6-8-15(9-7-14)21-17(24)18(10-11-18)16(23)20-13-4-2-3-5-13/h6-9,13H,2-5,10-11H2,1H3,(H,19,22)(H,20,23)(H,21,24). The van der Waals surface area contributed by atoms with Crippen LogP contribution in [0.15, 0.2) is 24.3 Å². The molecule has 3 N–H and O–H groups in total. The third kappa shape index (κ3) is 3.58. The minimum absolute atomic E-state index is 0.137. The van der Waals surface area contributed by atoms with E-state index in [0.717, 1.165) is 25.7 Å². The Kier molecular flexibility index (Phi) is 4.55. The van der Waals surface area contributed by atoms with Gasteiger partial charge in [0, 0.05) is 24.3 Å². The summed E-state index contributed by atoms with van der Waals surface area (Å²) in [5, 5.41) is 8.52. The molecule has 6 heteroatoms. The van der Waals surface area contributed by atoms with Crippen LogP contribution in [-0.4, -0.2) is 23.8 Å². The van der Waals surface area contributed by atoms with E-state index in [4.69, 9.17) is 0 Å². The molecule has 2 aliphatic rings. The maximum absolute atomic E-state index is 12.5. The maximum Gasteiger partial charge on any atom is 0.240 e. The van der Waals surface area contributed by atoms with Gasteiger partial charge in [0.25, 0.3) is 0 Å². The van der Waals surface area contributed by atoms with Gasteiger partial charge in [-0.15, -0.1) is 0 Å². The maximum atomic E-state index is 12.5. The van der Waals surface area contributed by atoms with E-state index in [1.54, 1.807) is 24.3 Å². The SMILES string of the molecule is CC(=O)Nc1ccc(NC(=O)C2(C(=O)NC3CCCC3)CC2)cc1. The van der Waals surface area contributed by atoms with Crippen molar-refractivity contribution in [2.24, 2.45) is 5.41 Å². The van der Waals surface area contributed by atoms with E-state index in [1.807, 2.05) is 0 Å². The second kappa shape index (κ2) is 6.63. The van der Waals surface area contributed by atoms with Crippen molar-refractivity contribution in [1.82, 2.24) is 5.32 Å². The van der Waals surface area contributed by atoms with Crippen LogP contribution in [0.2, 0.25) is 0 Å². The number of anilines is 2. The van der Waals surface area contributed by atoms with Gasteiger partial charge in [0.05, 0.1) is 0 Å². The molecule has 0 aromatic heterocycles. The van der Waals surface area contributed by atoms with Crippen LogP contribution in [0.5, 0.6) is 0 Å². The van der Waals surface area contributed by atoms with Crippen molar-refractivity contribution in [1.29, 1.82) is 0 Å². The summed E-state index contributed by atoms with van der Waals surface area (Å²) in [4.78, 5) is 36.0. The van der Waals surface area contributed by atoms with Crippen molar-refractivity contribution in [3.8, 4) is 0 Å². The number of hydrogen-bond donors (Lipinski definition) is 3. The number of carbonyl (C=O) groups excluding carboxylic acids is 3. The number of amides is 3. The monoisotopic (exact) mass is 329 g/mol. The average Bonchev–Trinajstić information content (AvgIpc) is 3.21. The highest BCUT2D eigenvalue weighted by Crippen LogP contribution is 2.47. The minimum Gasteiger partial charge on any atom is -0.352 e. The van der Waals surface area contributed by atoms with E-state index in [0.29, 0.717) is 24.2 Å². The zero-order valence-electron chi connectivity index (χ0n) is 13.9. The summed E-state index contributed by atoms with van der Waals surface area (Å²) in [6.45, 7) is 1.44. The van der Waals surface area contributed by atoms with Crippen molar-refractivity contribution in [3.63, 3.8) is 0 Å². The first-order valence-corrected chi connectivity index (χ1v) is 8.50. The molecule has 0 unspecified atom stereocenters. The molecular weight excluding hydrogens is 306 g/mol. The molecule has 0 aliphatic heterocycles. The quantitative estimate of drug-likeness (QED) is 0.725. The van der Waals surface area contributed by atoms with Gasteiger partial charge in [-0.25, -0.2) is 0 Å². The Morgan fingerprint density at radius 3 is 1.96 bits per heavy atom. The van der Waals surface area contributed by atoms with Crippen LogP contribution in [0.1, 0.15) is 45.4 Å². The lowest BCUT2D eigenvalue weighted by Gasteiger charge is -2.19. The molecule has 0 spiro atoms. The highest BCUT2D eigenvalue weighted by atomic mass is 16.2. The van der Waals surface area contributed by atoms with Crippen molar-refractivity contribution in [2.75, 3.05) is 10.6 Å². The molecule has 2 aliphatic carbocycles. The first kappa shape index (κ1) is 16.5. The first-order chi connectivity index (χ1) is 11.5. The predicted molar refractivity (Wildman–Crippen MR) is 91.4 cm³/mol. The number of carbonyl (C=O) groups is 3. The lowest BCUT2D eigenvalue weighted by Crippen LogP contribution is -2.43. The number of benzene rings is 1. The summed E-state index contributed by atoms with van der Waals surface area (Å²) in [6.07, 6.45) is 5.50. The van der Waals surface area contributed by atoms with Crippen LogP contribution in [0.3, 0.4) is 0 Å². The van der Waals surface area contributed by atoms with Crippen molar-refractivity contribution in [2.45, 2.75) is 51.5 Å². The Labute approximate surface area is 141 Å². The fourth-order valence-electron chi connectivity index (χ4n) is 3.17. The van der Waals surface area contributed by atoms with Gasteiger partial charge in [0.2, 0.25) is 17.7 Å². The van der Waals surface area contributed by atoms with Gasteiger partial charge in [-0.05, 0) is 49.9 Å².